The third kappa shape index (κ3) is 4.70. The van der Waals surface area contributed by atoms with Crippen LogP contribution in [0.4, 0.5) is 15.8 Å². The van der Waals surface area contributed by atoms with Crippen molar-refractivity contribution in [1.29, 1.82) is 0 Å². The van der Waals surface area contributed by atoms with Gasteiger partial charge in [0.2, 0.25) is 5.91 Å². The van der Waals surface area contributed by atoms with Crippen LogP contribution >= 0.6 is 0 Å². The summed E-state index contributed by atoms with van der Waals surface area (Å²) in [7, 11) is 0. The number of rotatable bonds is 6. The lowest BCUT2D eigenvalue weighted by molar-refractivity contribution is -0.385. The van der Waals surface area contributed by atoms with Crippen molar-refractivity contribution in [3.63, 3.8) is 0 Å². The molecule has 3 rings (SSSR count). The molecule has 7 heteroatoms. The number of anilines is 1. The topological polar surface area (TPSA) is 81.5 Å². The number of benzene rings is 3. The second-order valence-electron chi connectivity index (χ2n) is 6.10. The number of ether oxygens (including phenoxy) is 1. The first kappa shape index (κ1) is 19.0. The molecule has 0 saturated heterocycles. The van der Waals surface area contributed by atoms with E-state index in [0.29, 0.717) is 5.75 Å². The first-order valence-electron chi connectivity index (χ1n) is 8.46. The van der Waals surface area contributed by atoms with Gasteiger partial charge in [-0.25, -0.2) is 4.39 Å². The molecular weight excluding hydrogens is 363 g/mol. The Bertz CT molecular complexity index is 1000. The highest BCUT2D eigenvalue weighted by Crippen LogP contribution is 2.25. The number of nitro groups is 1. The molecule has 0 unspecified atom stereocenters. The molecule has 0 spiro atoms. The van der Waals surface area contributed by atoms with Crippen LogP contribution in [0.2, 0.25) is 0 Å². The van der Waals surface area contributed by atoms with Gasteiger partial charge in [0.25, 0.3) is 5.69 Å². The second kappa shape index (κ2) is 8.30. The molecule has 0 radical (unpaired) electrons. The minimum absolute atomic E-state index is 0.0331. The zero-order chi connectivity index (χ0) is 20.1. The molecule has 6 nitrogen and oxygen atoms in total. The Morgan fingerprint density at radius 3 is 2.18 bits per heavy atom. The fourth-order valence-corrected chi connectivity index (χ4v) is 2.62. The van der Waals surface area contributed by atoms with Crippen LogP contribution in [0.1, 0.15) is 12.5 Å². The Hall–Kier alpha value is -3.74. The summed E-state index contributed by atoms with van der Waals surface area (Å²) in [5.41, 5.74) is 2.60. The van der Waals surface area contributed by atoms with Crippen LogP contribution < -0.4 is 10.1 Å². The number of amides is 1. The quantitative estimate of drug-likeness (QED) is 0.485. The summed E-state index contributed by atoms with van der Waals surface area (Å²) in [6.45, 7) is 1.42. The van der Waals surface area contributed by atoms with Gasteiger partial charge in [-0.05, 0) is 41.5 Å². The molecule has 0 fully saturated rings. The first-order valence-corrected chi connectivity index (χ1v) is 8.46. The summed E-state index contributed by atoms with van der Waals surface area (Å²) in [5, 5.41) is 13.4. The Kier molecular flexibility index (Phi) is 5.64. The fraction of sp³-hybridized carbons (Fsp3) is 0.0952. The molecule has 3 aromatic rings. The molecule has 142 valence electrons. The minimum Gasteiger partial charge on any atom is -0.489 e. The van der Waals surface area contributed by atoms with Crippen LogP contribution in [0.15, 0.2) is 66.7 Å². The molecule has 0 heterocycles. The Morgan fingerprint density at radius 2 is 1.64 bits per heavy atom. The van der Waals surface area contributed by atoms with Gasteiger partial charge >= 0.3 is 0 Å². The largest absolute Gasteiger partial charge is 0.489 e. The van der Waals surface area contributed by atoms with E-state index in [2.05, 4.69) is 5.32 Å². The number of nitrogens with zero attached hydrogens (tertiary/aromatic N) is 1. The van der Waals surface area contributed by atoms with Gasteiger partial charge in [0.15, 0.2) is 0 Å². The Morgan fingerprint density at radius 1 is 1.04 bits per heavy atom. The number of nitrogens with one attached hydrogen (secondary N) is 1. The summed E-state index contributed by atoms with van der Waals surface area (Å²) in [6.07, 6.45) is 0. The van der Waals surface area contributed by atoms with Crippen LogP contribution in [0.25, 0.3) is 11.1 Å². The lowest BCUT2D eigenvalue weighted by Crippen LogP contribution is -2.05. The van der Waals surface area contributed by atoms with E-state index in [-0.39, 0.29) is 23.8 Å². The van der Waals surface area contributed by atoms with Crippen molar-refractivity contribution in [3.05, 3.63) is 88.2 Å². The predicted octanol–water partition coefficient (Wildman–Crippen LogP) is 4.94. The molecule has 3 aromatic carbocycles. The third-order valence-electron chi connectivity index (χ3n) is 4.03. The lowest BCUT2D eigenvalue weighted by atomic mass is 10.1. The molecule has 0 saturated carbocycles. The number of hydrogen-bond donors (Lipinski definition) is 1. The average Bonchev–Trinajstić information content (AvgIpc) is 2.67. The van der Waals surface area contributed by atoms with Gasteiger partial charge < -0.3 is 10.1 Å². The predicted molar refractivity (Wildman–Crippen MR) is 104 cm³/mol. The normalized spacial score (nSPS) is 10.4. The minimum atomic E-state index is -0.676. The summed E-state index contributed by atoms with van der Waals surface area (Å²) >= 11 is 0. The highest BCUT2D eigenvalue weighted by Gasteiger charge is 2.11. The van der Waals surface area contributed by atoms with E-state index in [1.807, 2.05) is 36.4 Å². The highest BCUT2D eigenvalue weighted by atomic mass is 19.1. The van der Waals surface area contributed by atoms with E-state index < -0.39 is 10.7 Å². The fourth-order valence-electron chi connectivity index (χ4n) is 2.62. The molecule has 0 atom stereocenters. The van der Waals surface area contributed by atoms with Crippen molar-refractivity contribution in [2.75, 3.05) is 5.32 Å². The summed E-state index contributed by atoms with van der Waals surface area (Å²) in [4.78, 5) is 21.1. The highest BCUT2D eigenvalue weighted by molar-refractivity contribution is 5.89. The van der Waals surface area contributed by atoms with Crippen molar-refractivity contribution in [3.8, 4) is 16.9 Å². The molecule has 0 aliphatic heterocycles. The first-order chi connectivity index (χ1) is 13.4. The van der Waals surface area contributed by atoms with Crippen molar-refractivity contribution in [2.24, 2.45) is 0 Å². The lowest BCUT2D eigenvalue weighted by Gasteiger charge is -2.09. The Labute approximate surface area is 160 Å². The van der Waals surface area contributed by atoms with Gasteiger partial charge in [0, 0.05) is 24.2 Å². The number of carbonyl (C=O) groups excluding carboxylic acids is 1. The van der Waals surface area contributed by atoms with Gasteiger partial charge in [-0.2, -0.15) is 0 Å². The molecule has 28 heavy (non-hydrogen) atoms. The van der Waals surface area contributed by atoms with E-state index in [9.17, 15) is 19.3 Å². The van der Waals surface area contributed by atoms with Crippen molar-refractivity contribution >= 4 is 17.3 Å². The van der Waals surface area contributed by atoms with Crippen LogP contribution in [0.3, 0.4) is 0 Å². The van der Waals surface area contributed by atoms with E-state index >= 15 is 0 Å². The van der Waals surface area contributed by atoms with E-state index in [1.54, 1.807) is 12.1 Å². The maximum absolute atomic E-state index is 13.9. The number of halogens is 1. The van der Waals surface area contributed by atoms with Crippen LogP contribution in [-0.4, -0.2) is 10.8 Å². The molecule has 1 amide bonds. The number of carbonyl (C=O) groups is 1. The zero-order valence-corrected chi connectivity index (χ0v) is 15.0. The average molecular weight is 380 g/mol. The maximum atomic E-state index is 13.9. The van der Waals surface area contributed by atoms with Gasteiger partial charge in [-0.1, -0.05) is 24.3 Å². The van der Waals surface area contributed by atoms with Crippen LogP contribution in [0, 0.1) is 15.9 Å². The third-order valence-corrected chi connectivity index (χ3v) is 4.03. The van der Waals surface area contributed by atoms with E-state index in [4.69, 9.17) is 4.74 Å². The Balaban J connectivity index is 1.64. The monoisotopic (exact) mass is 380 g/mol. The summed E-state index contributed by atoms with van der Waals surface area (Å²) in [5.74, 6) is -0.250. The SMILES string of the molecule is CC(=O)Nc1ccc(-c2ccc(OCc3ccc([N+](=O)[O-])cc3F)cc2)cc1. The van der Waals surface area contributed by atoms with Gasteiger partial charge in [0.05, 0.1) is 11.0 Å². The second-order valence-corrected chi connectivity index (χ2v) is 6.10. The zero-order valence-electron chi connectivity index (χ0n) is 15.0. The van der Waals surface area contributed by atoms with Crippen LogP contribution in [0.5, 0.6) is 5.75 Å². The van der Waals surface area contributed by atoms with Gasteiger partial charge in [-0.3, -0.25) is 14.9 Å². The molecular formula is C21H17FN2O4. The standard InChI is InChI=1S/C21H17FN2O4/c1-14(25)23-18-7-2-15(3-8-18)16-5-10-20(11-6-16)28-13-17-4-9-19(24(26)27)12-21(17)22/h2-12H,13H2,1H3,(H,23,25). The van der Waals surface area contributed by atoms with Crippen molar-refractivity contribution < 1.29 is 18.8 Å². The summed E-state index contributed by atoms with van der Waals surface area (Å²) in [6, 6.07) is 18.2. The molecule has 0 aliphatic carbocycles. The van der Waals surface area contributed by atoms with Crippen molar-refractivity contribution in [2.45, 2.75) is 13.5 Å². The van der Waals surface area contributed by atoms with E-state index in [1.165, 1.54) is 19.1 Å². The number of non-ortho nitro benzene ring substituents is 1. The van der Waals surface area contributed by atoms with Gasteiger partial charge in [0.1, 0.15) is 18.2 Å². The molecule has 0 aromatic heterocycles. The number of nitro benzene ring substituents is 1. The molecule has 0 aliphatic rings. The molecule has 0 bridgehead atoms. The smallest absolute Gasteiger partial charge is 0.272 e. The van der Waals surface area contributed by atoms with Crippen LogP contribution in [-0.2, 0) is 11.4 Å². The van der Waals surface area contributed by atoms with Gasteiger partial charge in [-0.15, -0.1) is 0 Å². The summed E-state index contributed by atoms with van der Waals surface area (Å²) < 4.78 is 19.5. The molecule has 1 N–H and O–H groups in total. The van der Waals surface area contributed by atoms with E-state index in [0.717, 1.165) is 22.9 Å². The maximum Gasteiger partial charge on any atom is 0.272 e. The number of hydrogen-bond acceptors (Lipinski definition) is 4. The van der Waals surface area contributed by atoms with Crippen molar-refractivity contribution in [1.82, 2.24) is 0 Å².